The maximum absolute atomic E-state index is 10.7. The van der Waals surface area contributed by atoms with E-state index < -0.39 is 6.09 Å². The van der Waals surface area contributed by atoms with Gasteiger partial charge >= 0.3 is 6.09 Å². The Kier molecular flexibility index (Phi) is 7.41. The molecule has 0 aromatic heterocycles. The van der Waals surface area contributed by atoms with E-state index in [2.05, 4.69) is 10.1 Å². The number of nitrogens with one attached hydrogen (secondary N) is 1. The summed E-state index contributed by atoms with van der Waals surface area (Å²) in [6.07, 6.45) is -0.446. The number of amides is 1. The highest BCUT2D eigenvalue weighted by Crippen LogP contribution is 2.03. The Morgan fingerprint density at radius 2 is 1.79 bits per heavy atom. The predicted molar refractivity (Wildman–Crippen MR) is 57.9 cm³/mol. The van der Waals surface area contributed by atoms with E-state index in [0.29, 0.717) is 0 Å². The maximum atomic E-state index is 10.7. The van der Waals surface area contributed by atoms with Gasteiger partial charge in [-0.3, -0.25) is 5.32 Å². The number of rotatable bonds is 1. The fourth-order valence-corrected chi connectivity index (χ4v) is 0.806. The minimum Gasteiger partial charge on any atom is -0.453 e. The van der Waals surface area contributed by atoms with E-state index in [9.17, 15) is 4.79 Å². The van der Waals surface area contributed by atoms with Crippen molar-refractivity contribution in [3.05, 3.63) is 24.3 Å². The van der Waals surface area contributed by atoms with Gasteiger partial charge in [-0.2, -0.15) is 0 Å². The average Bonchev–Trinajstić information content (AvgIpc) is 2.09. The van der Waals surface area contributed by atoms with Gasteiger partial charge in [-0.15, -0.1) is 0 Å². The Hall–Kier alpha value is -1.53. The van der Waals surface area contributed by atoms with E-state index in [1.54, 1.807) is 0 Å². The van der Waals surface area contributed by atoms with Crippen molar-refractivity contribution in [2.45, 2.75) is 0 Å². The molecule has 1 amide bonds. The van der Waals surface area contributed by atoms with Crippen LogP contribution in [0.1, 0.15) is 0 Å². The van der Waals surface area contributed by atoms with Crippen LogP contribution in [-0.4, -0.2) is 32.0 Å². The molecule has 14 heavy (non-hydrogen) atoms. The molecule has 0 aliphatic heterocycles. The lowest BCUT2D eigenvalue weighted by Crippen LogP contribution is -2.11. The second kappa shape index (κ2) is 6.93. The van der Waals surface area contributed by atoms with E-state index in [1.807, 2.05) is 32.1 Å². The second-order valence-corrected chi connectivity index (χ2v) is 2.48. The SMILES string of the molecule is Bc1ccc(NC(=O)OC)cc1.O.O. The Labute approximate surface area is 83.1 Å². The molecule has 0 spiro atoms. The Balaban J connectivity index is 0. The highest BCUT2D eigenvalue weighted by molar-refractivity contribution is 6.32. The molecular weight excluding hydrogens is 185 g/mol. The molecule has 0 aliphatic carbocycles. The van der Waals surface area contributed by atoms with E-state index in [4.69, 9.17) is 0 Å². The maximum Gasteiger partial charge on any atom is 0.411 e. The normalized spacial score (nSPS) is 7.79. The Bertz CT molecular complexity index is 275. The van der Waals surface area contributed by atoms with Gasteiger partial charge < -0.3 is 15.7 Å². The van der Waals surface area contributed by atoms with Crippen molar-refractivity contribution in [1.82, 2.24) is 0 Å². The zero-order chi connectivity index (χ0) is 8.97. The Morgan fingerprint density at radius 1 is 1.29 bits per heavy atom. The van der Waals surface area contributed by atoms with Crippen molar-refractivity contribution < 1.29 is 20.5 Å². The largest absolute Gasteiger partial charge is 0.453 e. The Morgan fingerprint density at radius 3 is 2.21 bits per heavy atom. The fourth-order valence-electron chi connectivity index (χ4n) is 0.806. The van der Waals surface area contributed by atoms with Gasteiger partial charge in [-0.25, -0.2) is 4.79 Å². The van der Waals surface area contributed by atoms with Gasteiger partial charge in [0.15, 0.2) is 0 Å². The molecule has 0 bridgehead atoms. The molecule has 0 unspecified atom stereocenters. The third-order valence-electron chi connectivity index (χ3n) is 1.48. The first-order valence-electron chi connectivity index (χ1n) is 3.64. The van der Waals surface area contributed by atoms with Crippen LogP contribution in [0.4, 0.5) is 10.5 Å². The van der Waals surface area contributed by atoms with Gasteiger partial charge in [0.05, 0.1) is 7.11 Å². The van der Waals surface area contributed by atoms with Crippen LogP contribution < -0.4 is 10.8 Å². The second-order valence-electron chi connectivity index (χ2n) is 2.48. The molecule has 5 N–H and O–H groups in total. The molecule has 0 radical (unpaired) electrons. The summed E-state index contributed by atoms with van der Waals surface area (Å²) < 4.78 is 4.43. The molecule has 78 valence electrons. The summed E-state index contributed by atoms with van der Waals surface area (Å²) in [5.74, 6) is 0. The zero-order valence-electron chi connectivity index (χ0n) is 8.13. The van der Waals surface area contributed by atoms with Gasteiger partial charge in [-0.05, 0) is 12.1 Å². The summed E-state index contributed by atoms with van der Waals surface area (Å²) in [5, 5.41) is 2.56. The minimum absolute atomic E-state index is 0. The summed E-state index contributed by atoms with van der Waals surface area (Å²) in [6, 6.07) is 7.50. The van der Waals surface area contributed by atoms with Gasteiger partial charge in [0.25, 0.3) is 0 Å². The third kappa shape index (κ3) is 4.49. The fraction of sp³-hybridized carbons (Fsp3) is 0.125. The molecule has 0 aliphatic rings. The number of carbonyl (C=O) groups is 1. The van der Waals surface area contributed by atoms with Gasteiger partial charge in [0, 0.05) is 5.69 Å². The smallest absolute Gasteiger partial charge is 0.411 e. The minimum atomic E-state index is -0.446. The number of methoxy groups -OCH3 is 1. The summed E-state index contributed by atoms with van der Waals surface area (Å²) in [7, 11) is 3.32. The standard InChI is InChI=1S/C8H10BNO2.2H2O/c1-12-8(11)10-7-4-2-6(9)3-5-7;;/h2-5H,9H2,1H3,(H,10,11);2*1H2. The molecular formula is C8H14BNO4. The molecule has 0 saturated carbocycles. The molecule has 0 heterocycles. The molecule has 5 nitrogen and oxygen atoms in total. The number of ether oxygens (including phenoxy) is 1. The monoisotopic (exact) mass is 199 g/mol. The molecule has 1 aromatic carbocycles. The van der Waals surface area contributed by atoms with Crippen LogP contribution in [0.15, 0.2) is 24.3 Å². The number of hydrogen-bond acceptors (Lipinski definition) is 2. The highest BCUT2D eigenvalue weighted by atomic mass is 16.5. The van der Waals surface area contributed by atoms with Gasteiger partial charge in [0.1, 0.15) is 7.85 Å². The summed E-state index contributed by atoms with van der Waals surface area (Å²) in [4.78, 5) is 10.7. The van der Waals surface area contributed by atoms with E-state index in [1.165, 1.54) is 7.11 Å². The molecule has 0 atom stereocenters. The quantitative estimate of drug-likeness (QED) is 0.554. The number of benzene rings is 1. The first-order valence-corrected chi connectivity index (χ1v) is 3.64. The van der Waals surface area contributed by atoms with Crippen molar-refractivity contribution in [3.63, 3.8) is 0 Å². The number of carbonyl (C=O) groups excluding carboxylic acids is 1. The van der Waals surface area contributed by atoms with Crippen molar-refractivity contribution >= 4 is 25.1 Å². The van der Waals surface area contributed by atoms with Gasteiger partial charge in [-0.1, -0.05) is 17.6 Å². The molecule has 0 fully saturated rings. The molecule has 1 rings (SSSR count). The number of hydrogen-bond donors (Lipinski definition) is 1. The van der Waals surface area contributed by atoms with Crippen LogP contribution in [0, 0.1) is 0 Å². The summed E-state index contributed by atoms with van der Waals surface area (Å²) in [5.41, 5.74) is 1.90. The summed E-state index contributed by atoms with van der Waals surface area (Å²) >= 11 is 0. The van der Waals surface area contributed by atoms with E-state index >= 15 is 0 Å². The van der Waals surface area contributed by atoms with E-state index in [-0.39, 0.29) is 11.0 Å². The van der Waals surface area contributed by atoms with Crippen molar-refractivity contribution in [2.24, 2.45) is 0 Å². The van der Waals surface area contributed by atoms with Crippen molar-refractivity contribution in [3.8, 4) is 0 Å². The van der Waals surface area contributed by atoms with Crippen LogP contribution in [0.3, 0.4) is 0 Å². The van der Waals surface area contributed by atoms with Crippen LogP contribution >= 0.6 is 0 Å². The van der Waals surface area contributed by atoms with Crippen molar-refractivity contribution in [2.75, 3.05) is 12.4 Å². The molecule has 6 heteroatoms. The molecule has 0 saturated heterocycles. The lowest BCUT2D eigenvalue weighted by molar-refractivity contribution is 0.187. The third-order valence-corrected chi connectivity index (χ3v) is 1.48. The first kappa shape index (κ1) is 15.0. The first-order chi connectivity index (χ1) is 5.72. The van der Waals surface area contributed by atoms with E-state index in [0.717, 1.165) is 11.2 Å². The summed E-state index contributed by atoms with van der Waals surface area (Å²) in [6.45, 7) is 0. The highest BCUT2D eigenvalue weighted by Gasteiger charge is 1.97. The lowest BCUT2D eigenvalue weighted by atomic mass is 9.96. The predicted octanol–water partition coefficient (Wildman–Crippen LogP) is -1.53. The van der Waals surface area contributed by atoms with Crippen LogP contribution in [0.5, 0.6) is 0 Å². The topological polar surface area (TPSA) is 101 Å². The average molecular weight is 199 g/mol. The molecule has 1 aromatic rings. The van der Waals surface area contributed by atoms with Crippen LogP contribution in [-0.2, 0) is 4.74 Å². The number of anilines is 1. The zero-order valence-corrected chi connectivity index (χ0v) is 8.13. The van der Waals surface area contributed by atoms with Gasteiger partial charge in [0.2, 0.25) is 0 Å². The van der Waals surface area contributed by atoms with Crippen LogP contribution in [0.25, 0.3) is 0 Å². The van der Waals surface area contributed by atoms with Crippen molar-refractivity contribution in [1.29, 1.82) is 0 Å². The van der Waals surface area contributed by atoms with Crippen LogP contribution in [0.2, 0.25) is 0 Å². The lowest BCUT2D eigenvalue weighted by Gasteiger charge is -2.02.